The van der Waals surface area contributed by atoms with E-state index in [0.717, 1.165) is 24.3 Å². The molecular weight excluding hydrogens is 279 g/mol. The van der Waals surface area contributed by atoms with E-state index in [4.69, 9.17) is 5.11 Å². The van der Waals surface area contributed by atoms with Gasteiger partial charge in [0.25, 0.3) is 0 Å². The van der Waals surface area contributed by atoms with Crippen molar-refractivity contribution in [3.63, 3.8) is 0 Å². The van der Waals surface area contributed by atoms with E-state index in [9.17, 15) is 22.5 Å². The second-order valence-corrected chi connectivity index (χ2v) is 5.44. The number of hydrogen-bond donors (Lipinski definition) is 1. The van der Waals surface area contributed by atoms with Gasteiger partial charge in [-0.1, -0.05) is 0 Å². The summed E-state index contributed by atoms with van der Waals surface area (Å²) in [7, 11) is -4.10. The predicted molar refractivity (Wildman–Crippen MR) is 63.0 cm³/mol. The SMILES string of the molecule is O=NC(=O)CN(CCO)S(=O)(=O)c1ccc(F)cc1. The Kier molecular flexibility index (Phi) is 5.21. The summed E-state index contributed by atoms with van der Waals surface area (Å²) >= 11 is 0. The number of nitrogens with zero attached hydrogens (tertiary/aromatic N) is 2. The maximum Gasteiger partial charge on any atom is 0.301 e. The zero-order valence-electron chi connectivity index (χ0n) is 9.69. The van der Waals surface area contributed by atoms with Gasteiger partial charge in [-0.3, -0.25) is 4.79 Å². The van der Waals surface area contributed by atoms with Crippen molar-refractivity contribution >= 4 is 15.9 Å². The minimum atomic E-state index is -4.10. The minimum absolute atomic E-state index is 0.249. The third kappa shape index (κ3) is 3.88. The molecule has 0 aromatic heterocycles. The molecule has 9 heteroatoms. The van der Waals surface area contributed by atoms with Gasteiger partial charge in [-0.15, -0.1) is 4.91 Å². The molecule has 0 unspecified atom stereocenters. The minimum Gasteiger partial charge on any atom is -0.395 e. The zero-order valence-corrected chi connectivity index (χ0v) is 10.5. The van der Waals surface area contributed by atoms with E-state index in [2.05, 4.69) is 5.18 Å². The van der Waals surface area contributed by atoms with E-state index >= 15 is 0 Å². The van der Waals surface area contributed by atoms with Crippen LogP contribution in [0.1, 0.15) is 0 Å². The lowest BCUT2D eigenvalue weighted by molar-refractivity contribution is -0.118. The summed E-state index contributed by atoms with van der Waals surface area (Å²) in [6.07, 6.45) is 0. The van der Waals surface area contributed by atoms with Crippen LogP contribution in [-0.4, -0.2) is 43.4 Å². The van der Waals surface area contributed by atoms with Gasteiger partial charge in [-0.05, 0) is 24.3 Å². The molecule has 1 aromatic carbocycles. The molecule has 0 aliphatic rings. The topological polar surface area (TPSA) is 104 Å². The molecule has 0 saturated carbocycles. The molecule has 0 fully saturated rings. The lowest BCUT2D eigenvalue weighted by Crippen LogP contribution is -2.37. The van der Waals surface area contributed by atoms with Crippen molar-refractivity contribution in [1.29, 1.82) is 0 Å². The molecule has 19 heavy (non-hydrogen) atoms. The van der Waals surface area contributed by atoms with E-state index < -0.39 is 34.9 Å². The van der Waals surface area contributed by atoms with Crippen LogP contribution in [0.15, 0.2) is 34.3 Å². The Morgan fingerprint density at radius 2 is 1.89 bits per heavy atom. The average Bonchev–Trinajstić information content (AvgIpc) is 2.38. The van der Waals surface area contributed by atoms with Gasteiger partial charge in [-0.25, -0.2) is 12.8 Å². The number of amides is 1. The van der Waals surface area contributed by atoms with Crippen LogP contribution in [0.2, 0.25) is 0 Å². The molecule has 0 radical (unpaired) electrons. The summed E-state index contributed by atoms with van der Waals surface area (Å²) in [5.74, 6) is -1.79. The number of aliphatic hydroxyl groups is 1. The quantitative estimate of drug-likeness (QED) is 0.748. The van der Waals surface area contributed by atoms with Crippen LogP contribution in [0, 0.1) is 10.7 Å². The van der Waals surface area contributed by atoms with Crippen LogP contribution in [0.3, 0.4) is 0 Å². The highest BCUT2D eigenvalue weighted by molar-refractivity contribution is 7.89. The summed E-state index contributed by atoms with van der Waals surface area (Å²) in [6.45, 7) is -1.68. The number of rotatable bonds is 6. The van der Waals surface area contributed by atoms with Crippen LogP contribution in [0.25, 0.3) is 0 Å². The summed E-state index contributed by atoms with van der Waals surface area (Å²) in [5, 5.41) is 10.9. The number of hydrogen-bond acceptors (Lipinski definition) is 5. The number of halogens is 1. The second kappa shape index (κ2) is 6.45. The molecule has 0 heterocycles. The molecule has 1 amide bonds. The van der Waals surface area contributed by atoms with Crippen molar-refractivity contribution < 1.29 is 22.7 Å². The number of nitroso groups, excluding NO2 is 1. The van der Waals surface area contributed by atoms with Gasteiger partial charge in [0.1, 0.15) is 5.82 Å². The predicted octanol–water partition coefficient (Wildman–Crippen LogP) is 0.102. The van der Waals surface area contributed by atoms with Crippen molar-refractivity contribution in [1.82, 2.24) is 4.31 Å². The smallest absolute Gasteiger partial charge is 0.301 e. The highest BCUT2D eigenvalue weighted by Gasteiger charge is 2.26. The Labute approximate surface area is 108 Å². The molecular formula is C10H11FN2O5S. The molecule has 1 N–H and O–H groups in total. The van der Waals surface area contributed by atoms with Crippen LogP contribution in [-0.2, 0) is 14.8 Å². The van der Waals surface area contributed by atoms with Gasteiger partial charge >= 0.3 is 5.91 Å². The molecule has 0 bridgehead atoms. The van der Waals surface area contributed by atoms with Gasteiger partial charge in [-0.2, -0.15) is 4.31 Å². The Morgan fingerprint density at radius 1 is 1.32 bits per heavy atom. The van der Waals surface area contributed by atoms with E-state index in [-0.39, 0.29) is 11.4 Å². The summed E-state index contributed by atoms with van der Waals surface area (Å²) in [4.78, 5) is 20.7. The summed E-state index contributed by atoms with van der Waals surface area (Å²) in [5.41, 5.74) is 0. The number of aliphatic hydroxyl groups excluding tert-OH is 1. The third-order valence-electron chi connectivity index (χ3n) is 2.21. The molecule has 1 rings (SSSR count). The lowest BCUT2D eigenvalue weighted by atomic mass is 10.4. The Morgan fingerprint density at radius 3 is 2.37 bits per heavy atom. The van der Waals surface area contributed by atoms with E-state index in [1.54, 1.807) is 0 Å². The first-order valence-corrected chi connectivity index (χ1v) is 6.58. The molecule has 104 valence electrons. The fraction of sp³-hybridized carbons (Fsp3) is 0.300. The van der Waals surface area contributed by atoms with E-state index in [1.807, 2.05) is 0 Å². The molecule has 0 saturated heterocycles. The van der Waals surface area contributed by atoms with Crippen molar-refractivity contribution in [2.45, 2.75) is 4.90 Å². The van der Waals surface area contributed by atoms with Crippen LogP contribution < -0.4 is 0 Å². The second-order valence-electron chi connectivity index (χ2n) is 3.50. The maximum absolute atomic E-state index is 12.7. The van der Waals surface area contributed by atoms with Crippen molar-refractivity contribution in [3.05, 3.63) is 35.0 Å². The average molecular weight is 290 g/mol. The molecule has 0 aliphatic heterocycles. The first-order chi connectivity index (χ1) is 8.91. The Balaban J connectivity index is 3.08. The molecule has 0 aliphatic carbocycles. The van der Waals surface area contributed by atoms with Crippen LogP contribution in [0.4, 0.5) is 4.39 Å². The van der Waals surface area contributed by atoms with Crippen molar-refractivity contribution in [2.24, 2.45) is 5.18 Å². The van der Waals surface area contributed by atoms with Crippen LogP contribution >= 0.6 is 0 Å². The maximum atomic E-state index is 12.7. The van der Waals surface area contributed by atoms with Gasteiger partial charge < -0.3 is 5.11 Å². The van der Waals surface area contributed by atoms with E-state index in [0.29, 0.717) is 4.31 Å². The monoisotopic (exact) mass is 290 g/mol. The Hall–Kier alpha value is -1.71. The first-order valence-electron chi connectivity index (χ1n) is 5.14. The van der Waals surface area contributed by atoms with Gasteiger partial charge in [0, 0.05) is 11.7 Å². The van der Waals surface area contributed by atoms with E-state index in [1.165, 1.54) is 0 Å². The summed E-state index contributed by atoms with van der Waals surface area (Å²) in [6, 6.07) is 3.94. The Bertz CT molecular complexity index is 558. The van der Waals surface area contributed by atoms with Crippen molar-refractivity contribution in [3.8, 4) is 0 Å². The number of sulfonamides is 1. The zero-order chi connectivity index (χ0) is 14.5. The van der Waals surface area contributed by atoms with Gasteiger partial charge in [0.2, 0.25) is 10.0 Å². The molecule has 7 nitrogen and oxygen atoms in total. The third-order valence-corrected chi connectivity index (χ3v) is 4.07. The fourth-order valence-corrected chi connectivity index (χ4v) is 2.71. The van der Waals surface area contributed by atoms with Gasteiger partial charge in [0.15, 0.2) is 0 Å². The highest BCUT2D eigenvalue weighted by atomic mass is 32.2. The summed E-state index contributed by atoms with van der Waals surface area (Å²) < 4.78 is 37.5. The van der Waals surface area contributed by atoms with Crippen LogP contribution in [0.5, 0.6) is 0 Å². The molecule has 0 spiro atoms. The number of carbonyl (C=O) groups excluding carboxylic acids is 1. The van der Waals surface area contributed by atoms with Crippen molar-refractivity contribution in [2.75, 3.05) is 19.7 Å². The molecule has 1 aromatic rings. The lowest BCUT2D eigenvalue weighted by Gasteiger charge is -2.19. The van der Waals surface area contributed by atoms with Gasteiger partial charge in [0.05, 0.1) is 18.0 Å². The highest BCUT2D eigenvalue weighted by Crippen LogP contribution is 2.15. The number of carbonyl (C=O) groups is 1. The fourth-order valence-electron chi connectivity index (χ4n) is 1.33. The number of benzene rings is 1. The standard InChI is InChI=1S/C10H11FN2O5S/c11-8-1-3-9(4-2-8)19(17,18)13(5-6-14)7-10(15)12-16/h1-4,14H,5-7H2. The first kappa shape index (κ1) is 15.3. The molecule has 0 atom stereocenters. The largest absolute Gasteiger partial charge is 0.395 e. The normalized spacial score (nSPS) is 11.5.